The van der Waals surface area contributed by atoms with Gasteiger partial charge < -0.3 is 15.2 Å². The number of rotatable bonds is 5. The van der Waals surface area contributed by atoms with Crippen LogP contribution in [0.25, 0.3) is 0 Å². The van der Waals surface area contributed by atoms with E-state index in [1.165, 1.54) is 0 Å². The summed E-state index contributed by atoms with van der Waals surface area (Å²) < 4.78 is 10.9. The van der Waals surface area contributed by atoms with Crippen molar-refractivity contribution in [1.82, 2.24) is 4.98 Å². The summed E-state index contributed by atoms with van der Waals surface area (Å²) in [4.78, 5) is 5.29. The molecule has 0 aliphatic carbocycles. The molecule has 0 aliphatic rings. The molecule has 0 bridgehead atoms. The molecule has 2 rings (SSSR count). The zero-order valence-corrected chi connectivity index (χ0v) is 10.4. The molecular weight excluding hydrogens is 236 g/mol. The molecule has 0 aliphatic heterocycles. The summed E-state index contributed by atoms with van der Waals surface area (Å²) in [5.74, 6) is 1.45. The number of aromatic nitrogens is 1. The van der Waals surface area contributed by atoms with Crippen LogP contribution in [0.2, 0.25) is 0 Å². The van der Waals surface area contributed by atoms with Gasteiger partial charge in [-0.3, -0.25) is 0 Å². The van der Waals surface area contributed by atoms with E-state index in [0.29, 0.717) is 13.2 Å². The van der Waals surface area contributed by atoms with E-state index in [0.717, 1.165) is 21.4 Å². The molecule has 1 heterocycles. The van der Waals surface area contributed by atoms with Crippen LogP contribution in [-0.2, 0) is 13.2 Å². The average molecular weight is 250 g/mol. The van der Waals surface area contributed by atoms with Crippen LogP contribution in [0, 0.1) is 0 Å². The first kappa shape index (κ1) is 11.9. The molecule has 5 heteroatoms. The van der Waals surface area contributed by atoms with Crippen molar-refractivity contribution in [1.29, 1.82) is 0 Å². The summed E-state index contributed by atoms with van der Waals surface area (Å²) in [7, 11) is 1.62. The van der Waals surface area contributed by atoms with Crippen molar-refractivity contribution < 1.29 is 9.47 Å². The standard InChI is InChI=1S/C12H14N2O2S/c1-15-10-4-2-3-5-11(10)16-8-12-14-7-9(6-13)17-12/h2-5,7H,6,8,13H2,1H3. The van der Waals surface area contributed by atoms with Crippen molar-refractivity contribution in [3.63, 3.8) is 0 Å². The normalized spacial score (nSPS) is 10.2. The first-order valence-corrected chi connectivity index (χ1v) is 6.04. The van der Waals surface area contributed by atoms with E-state index in [4.69, 9.17) is 15.2 Å². The van der Waals surface area contributed by atoms with Gasteiger partial charge in [-0.1, -0.05) is 12.1 Å². The lowest BCUT2D eigenvalue weighted by Gasteiger charge is -2.08. The Morgan fingerprint density at radius 2 is 2.06 bits per heavy atom. The van der Waals surface area contributed by atoms with Crippen molar-refractivity contribution in [3.8, 4) is 11.5 Å². The van der Waals surface area contributed by atoms with Gasteiger partial charge in [0.2, 0.25) is 0 Å². The molecule has 0 radical (unpaired) electrons. The molecule has 0 spiro atoms. The first-order valence-electron chi connectivity index (χ1n) is 5.23. The summed E-state index contributed by atoms with van der Waals surface area (Å²) in [6.07, 6.45) is 1.78. The Bertz CT molecular complexity index is 485. The highest BCUT2D eigenvalue weighted by Gasteiger charge is 2.05. The number of benzene rings is 1. The fourth-order valence-corrected chi connectivity index (χ4v) is 2.10. The Labute approximate surface area is 104 Å². The SMILES string of the molecule is COc1ccccc1OCc1ncc(CN)s1. The van der Waals surface area contributed by atoms with Gasteiger partial charge in [0.25, 0.3) is 0 Å². The van der Waals surface area contributed by atoms with Crippen LogP contribution < -0.4 is 15.2 Å². The molecule has 0 amide bonds. The molecule has 0 fully saturated rings. The van der Waals surface area contributed by atoms with E-state index in [1.807, 2.05) is 24.3 Å². The number of para-hydroxylation sites is 2. The van der Waals surface area contributed by atoms with Crippen LogP contribution in [-0.4, -0.2) is 12.1 Å². The molecular formula is C12H14N2O2S. The van der Waals surface area contributed by atoms with Gasteiger partial charge in [-0.25, -0.2) is 4.98 Å². The van der Waals surface area contributed by atoms with Crippen molar-refractivity contribution in [2.75, 3.05) is 7.11 Å². The molecule has 2 aromatic rings. The fourth-order valence-electron chi connectivity index (χ4n) is 1.39. The third-order valence-corrected chi connectivity index (χ3v) is 3.22. The van der Waals surface area contributed by atoms with E-state index < -0.39 is 0 Å². The zero-order valence-electron chi connectivity index (χ0n) is 9.55. The number of ether oxygens (including phenoxy) is 2. The van der Waals surface area contributed by atoms with Crippen LogP contribution in [0.3, 0.4) is 0 Å². The third kappa shape index (κ3) is 2.95. The molecule has 1 aromatic heterocycles. The lowest BCUT2D eigenvalue weighted by atomic mass is 10.3. The van der Waals surface area contributed by atoms with Gasteiger partial charge in [-0.15, -0.1) is 11.3 Å². The Hall–Kier alpha value is -1.59. The van der Waals surface area contributed by atoms with Crippen LogP contribution in [0.4, 0.5) is 0 Å². The summed E-state index contributed by atoms with van der Waals surface area (Å²) in [5.41, 5.74) is 5.53. The monoisotopic (exact) mass is 250 g/mol. The molecule has 17 heavy (non-hydrogen) atoms. The van der Waals surface area contributed by atoms with Gasteiger partial charge in [-0.2, -0.15) is 0 Å². The smallest absolute Gasteiger partial charge is 0.161 e. The first-order chi connectivity index (χ1) is 8.33. The highest BCUT2D eigenvalue weighted by Crippen LogP contribution is 2.27. The predicted molar refractivity (Wildman–Crippen MR) is 67.3 cm³/mol. The summed E-state index contributed by atoms with van der Waals surface area (Å²) >= 11 is 1.56. The van der Waals surface area contributed by atoms with Gasteiger partial charge >= 0.3 is 0 Å². The van der Waals surface area contributed by atoms with Crippen LogP contribution in [0.1, 0.15) is 9.88 Å². The van der Waals surface area contributed by atoms with Gasteiger partial charge in [0.15, 0.2) is 11.5 Å². The van der Waals surface area contributed by atoms with E-state index >= 15 is 0 Å². The van der Waals surface area contributed by atoms with Crippen LogP contribution in [0.15, 0.2) is 30.5 Å². The summed E-state index contributed by atoms with van der Waals surface area (Å²) in [6, 6.07) is 7.55. The Kier molecular flexibility index (Phi) is 3.95. The molecule has 90 valence electrons. The fraction of sp³-hybridized carbons (Fsp3) is 0.250. The lowest BCUT2D eigenvalue weighted by Crippen LogP contribution is -1.96. The minimum Gasteiger partial charge on any atom is -0.493 e. The molecule has 4 nitrogen and oxygen atoms in total. The van der Waals surface area contributed by atoms with Crippen LogP contribution in [0.5, 0.6) is 11.5 Å². The van der Waals surface area contributed by atoms with Crippen molar-refractivity contribution in [3.05, 3.63) is 40.3 Å². The molecule has 0 atom stereocenters. The largest absolute Gasteiger partial charge is 0.493 e. The predicted octanol–water partition coefficient (Wildman–Crippen LogP) is 2.19. The number of methoxy groups -OCH3 is 1. The van der Waals surface area contributed by atoms with E-state index in [2.05, 4.69) is 4.98 Å². The van der Waals surface area contributed by atoms with Crippen molar-refractivity contribution in [2.24, 2.45) is 5.73 Å². The van der Waals surface area contributed by atoms with Gasteiger partial charge in [-0.05, 0) is 12.1 Å². The van der Waals surface area contributed by atoms with Crippen molar-refractivity contribution in [2.45, 2.75) is 13.2 Å². The number of hydrogen-bond acceptors (Lipinski definition) is 5. The summed E-state index contributed by atoms with van der Waals surface area (Å²) in [5, 5.41) is 0.913. The minimum atomic E-state index is 0.436. The number of nitrogens with two attached hydrogens (primary N) is 1. The van der Waals surface area contributed by atoms with Gasteiger partial charge in [0.05, 0.1) is 7.11 Å². The zero-order chi connectivity index (χ0) is 12.1. The van der Waals surface area contributed by atoms with Gasteiger partial charge in [0.1, 0.15) is 11.6 Å². The summed E-state index contributed by atoms with van der Waals surface area (Å²) in [6.45, 7) is 0.956. The maximum absolute atomic E-state index is 5.65. The van der Waals surface area contributed by atoms with Crippen molar-refractivity contribution >= 4 is 11.3 Å². The van der Waals surface area contributed by atoms with E-state index in [9.17, 15) is 0 Å². The molecule has 0 unspecified atom stereocenters. The molecule has 1 aromatic carbocycles. The lowest BCUT2D eigenvalue weighted by molar-refractivity contribution is 0.284. The Balaban J connectivity index is 2.01. The maximum Gasteiger partial charge on any atom is 0.161 e. The van der Waals surface area contributed by atoms with Gasteiger partial charge in [0, 0.05) is 17.6 Å². The average Bonchev–Trinajstić information content (AvgIpc) is 2.84. The highest BCUT2D eigenvalue weighted by molar-refractivity contribution is 7.11. The number of thiazole rings is 1. The second-order valence-electron chi connectivity index (χ2n) is 3.36. The maximum atomic E-state index is 5.65. The van der Waals surface area contributed by atoms with E-state index in [1.54, 1.807) is 24.6 Å². The third-order valence-electron chi connectivity index (χ3n) is 2.22. The second kappa shape index (κ2) is 5.65. The molecule has 0 saturated carbocycles. The Morgan fingerprint density at radius 1 is 1.29 bits per heavy atom. The number of hydrogen-bond donors (Lipinski definition) is 1. The Morgan fingerprint density at radius 3 is 2.71 bits per heavy atom. The minimum absolute atomic E-state index is 0.436. The van der Waals surface area contributed by atoms with E-state index in [-0.39, 0.29) is 0 Å². The quantitative estimate of drug-likeness (QED) is 0.883. The highest BCUT2D eigenvalue weighted by atomic mass is 32.1. The topological polar surface area (TPSA) is 57.4 Å². The molecule has 0 saturated heterocycles. The van der Waals surface area contributed by atoms with Crippen LogP contribution >= 0.6 is 11.3 Å². The molecule has 2 N–H and O–H groups in total. The second-order valence-corrected chi connectivity index (χ2v) is 4.56. The number of nitrogens with zero attached hydrogens (tertiary/aromatic N) is 1.